The Morgan fingerprint density at radius 1 is 1.29 bits per heavy atom. The zero-order chi connectivity index (χ0) is 12.4. The topological polar surface area (TPSA) is 46.2 Å². The fourth-order valence-corrected chi connectivity index (χ4v) is 2.37. The van der Waals surface area contributed by atoms with Crippen molar-refractivity contribution in [2.45, 2.75) is 19.3 Å². The van der Waals surface area contributed by atoms with Crippen molar-refractivity contribution in [3.05, 3.63) is 33.8 Å². The van der Waals surface area contributed by atoms with E-state index in [4.69, 9.17) is 23.2 Å². The van der Waals surface area contributed by atoms with Gasteiger partial charge >= 0.3 is 0 Å². The number of carbonyl (C=O) groups is 2. The summed E-state index contributed by atoms with van der Waals surface area (Å²) in [6.07, 6.45) is 1.50. The summed E-state index contributed by atoms with van der Waals surface area (Å²) < 4.78 is 0. The minimum absolute atomic E-state index is 0.189. The molecule has 1 aliphatic heterocycles. The van der Waals surface area contributed by atoms with Gasteiger partial charge in [0.15, 0.2) is 0 Å². The van der Waals surface area contributed by atoms with Crippen molar-refractivity contribution in [2.24, 2.45) is 5.92 Å². The van der Waals surface area contributed by atoms with E-state index < -0.39 is 0 Å². The Balaban J connectivity index is 2.10. The first-order valence-electron chi connectivity index (χ1n) is 5.34. The number of imide groups is 1. The van der Waals surface area contributed by atoms with Gasteiger partial charge in [0.2, 0.25) is 11.8 Å². The van der Waals surface area contributed by atoms with E-state index in [1.165, 1.54) is 0 Å². The van der Waals surface area contributed by atoms with Gasteiger partial charge in [0.1, 0.15) is 0 Å². The van der Waals surface area contributed by atoms with Crippen LogP contribution in [-0.4, -0.2) is 11.8 Å². The molecule has 0 unspecified atom stereocenters. The predicted octanol–water partition coefficient (Wildman–Crippen LogP) is 2.59. The zero-order valence-electron chi connectivity index (χ0n) is 9.00. The van der Waals surface area contributed by atoms with Gasteiger partial charge in [0.05, 0.1) is 0 Å². The number of hydrogen-bond acceptors (Lipinski definition) is 2. The number of piperidine rings is 1. The number of benzene rings is 1. The Morgan fingerprint density at radius 2 is 2.06 bits per heavy atom. The van der Waals surface area contributed by atoms with Gasteiger partial charge in [-0.15, -0.1) is 0 Å². The summed E-state index contributed by atoms with van der Waals surface area (Å²) in [5.41, 5.74) is 0.880. The molecular weight excluding hydrogens is 261 g/mol. The second-order valence-corrected chi connectivity index (χ2v) is 4.93. The van der Waals surface area contributed by atoms with Crippen LogP contribution in [0.4, 0.5) is 0 Å². The molecule has 0 spiro atoms. The van der Waals surface area contributed by atoms with Gasteiger partial charge in [-0.3, -0.25) is 14.9 Å². The highest BCUT2D eigenvalue weighted by Gasteiger charge is 2.27. The summed E-state index contributed by atoms with van der Waals surface area (Å²) in [6, 6.07) is 5.22. The summed E-state index contributed by atoms with van der Waals surface area (Å²) in [5, 5.41) is 3.46. The molecule has 1 heterocycles. The number of nitrogens with one attached hydrogen (secondary N) is 1. The lowest BCUT2D eigenvalue weighted by Crippen LogP contribution is -2.41. The maximum absolute atomic E-state index is 11.6. The maximum Gasteiger partial charge on any atom is 0.230 e. The summed E-state index contributed by atoms with van der Waals surface area (Å²) >= 11 is 11.8. The monoisotopic (exact) mass is 271 g/mol. The molecule has 1 saturated heterocycles. The summed E-state index contributed by atoms with van der Waals surface area (Å²) in [6.45, 7) is 0. The molecule has 0 saturated carbocycles. The summed E-state index contributed by atoms with van der Waals surface area (Å²) in [5.74, 6) is -0.605. The van der Waals surface area contributed by atoms with E-state index in [0.717, 1.165) is 5.56 Å². The molecule has 0 bridgehead atoms. The first kappa shape index (κ1) is 12.4. The maximum atomic E-state index is 11.6. The van der Waals surface area contributed by atoms with Crippen LogP contribution in [0.15, 0.2) is 18.2 Å². The number of halogens is 2. The molecule has 1 aromatic rings. The molecule has 1 atom stereocenters. The Labute approximate surface area is 109 Å². The van der Waals surface area contributed by atoms with Gasteiger partial charge in [-0.1, -0.05) is 29.3 Å². The van der Waals surface area contributed by atoms with E-state index in [0.29, 0.717) is 29.3 Å². The molecule has 90 valence electrons. The highest BCUT2D eigenvalue weighted by molar-refractivity contribution is 6.35. The van der Waals surface area contributed by atoms with Crippen LogP contribution < -0.4 is 5.32 Å². The van der Waals surface area contributed by atoms with E-state index in [2.05, 4.69) is 5.32 Å². The fraction of sp³-hybridized carbons (Fsp3) is 0.333. The van der Waals surface area contributed by atoms with Crippen LogP contribution in [0.1, 0.15) is 18.4 Å². The van der Waals surface area contributed by atoms with E-state index in [9.17, 15) is 9.59 Å². The van der Waals surface area contributed by atoms with Crippen LogP contribution in [0.25, 0.3) is 0 Å². The third-order valence-corrected chi connectivity index (χ3v) is 3.42. The minimum atomic E-state index is -0.215. The molecule has 0 aromatic heterocycles. The largest absolute Gasteiger partial charge is 0.296 e. The van der Waals surface area contributed by atoms with E-state index in [1.807, 2.05) is 6.07 Å². The Bertz CT molecular complexity index is 474. The van der Waals surface area contributed by atoms with Crippen LogP contribution in [0.3, 0.4) is 0 Å². The van der Waals surface area contributed by atoms with E-state index in [1.54, 1.807) is 12.1 Å². The fourth-order valence-electron chi connectivity index (χ4n) is 1.89. The number of hydrogen-bond donors (Lipinski definition) is 1. The summed E-state index contributed by atoms with van der Waals surface area (Å²) in [4.78, 5) is 22.6. The predicted molar refractivity (Wildman–Crippen MR) is 66.0 cm³/mol. The average Bonchev–Trinajstić information content (AvgIpc) is 2.25. The smallest absolute Gasteiger partial charge is 0.230 e. The standard InChI is InChI=1S/C12H11Cl2NO2/c13-9-3-1-7(10(14)6-9)5-8-2-4-11(16)15-12(8)17/h1,3,6,8H,2,4-5H2,(H,15,16,17)/t8-/m1/s1. The highest BCUT2D eigenvalue weighted by atomic mass is 35.5. The van der Waals surface area contributed by atoms with Gasteiger partial charge in [-0.05, 0) is 30.5 Å². The molecule has 0 aliphatic carbocycles. The lowest BCUT2D eigenvalue weighted by atomic mass is 9.91. The molecular formula is C12H11Cl2NO2. The quantitative estimate of drug-likeness (QED) is 0.841. The lowest BCUT2D eigenvalue weighted by Gasteiger charge is -2.21. The molecule has 3 nitrogen and oxygen atoms in total. The van der Waals surface area contributed by atoms with Crippen LogP contribution >= 0.6 is 23.2 Å². The van der Waals surface area contributed by atoms with Gasteiger partial charge in [0, 0.05) is 22.4 Å². The molecule has 2 amide bonds. The second-order valence-electron chi connectivity index (χ2n) is 4.09. The van der Waals surface area contributed by atoms with Gasteiger partial charge in [-0.2, -0.15) is 0 Å². The highest BCUT2D eigenvalue weighted by Crippen LogP contribution is 2.25. The van der Waals surface area contributed by atoms with Crippen LogP contribution in [-0.2, 0) is 16.0 Å². The molecule has 1 fully saturated rings. The second kappa shape index (κ2) is 5.07. The van der Waals surface area contributed by atoms with Crippen LogP contribution in [0.5, 0.6) is 0 Å². The molecule has 5 heteroatoms. The normalized spacial score (nSPS) is 20.2. The Kier molecular flexibility index (Phi) is 3.69. The zero-order valence-corrected chi connectivity index (χ0v) is 10.5. The van der Waals surface area contributed by atoms with E-state index >= 15 is 0 Å². The van der Waals surface area contributed by atoms with Crippen molar-refractivity contribution in [1.82, 2.24) is 5.32 Å². The lowest BCUT2D eigenvalue weighted by molar-refractivity contribution is -0.136. The molecule has 17 heavy (non-hydrogen) atoms. The molecule has 1 aromatic carbocycles. The molecule has 1 N–H and O–H groups in total. The minimum Gasteiger partial charge on any atom is -0.296 e. The number of rotatable bonds is 2. The third kappa shape index (κ3) is 2.99. The van der Waals surface area contributed by atoms with Gasteiger partial charge in [0.25, 0.3) is 0 Å². The van der Waals surface area contributed by atoms with Crippen molar-refractivity contribution in [3.63, 3.8) is 0 Å². The van der Waals surface area contributed by atoms with Crippen molar-refractivity contribution >= 4 is 35.0 Å². The average molecular weight is 272 g/mol. The van der Waals surface area contributed by atoms with Crippen molar-refractivity contribution in [1.29, 1.82) is 0 Å². The number of carbonyl (C=O) groups excluding carboxylic acids is 2. The molecule has 1 aliphatic rings. The third-order valence-electron chi connectivity index (χ3n) is 2.83. The Hall–Kier alpha value is -1.06. The van der Waals surface area contributed by atoms with Crippen molar-refractivity contribution < 1.29 is 9.59 Å². The summed E-state index contributed by atoms with van der Waals surface area (Å²) in [7, 11) is 0. The Morgan fingerprint density at radius 3 is 2.71 bits per heavy atom. The molecule has 2 rings (SSSR count). The number of amides is 2. The first-order chi connectivity index (χ1) is 8.06. The van der Waals surface area contributed by atoms with E-state index in [-0.39, 0.29) is 17.7 Å². The van der Waals surface area contributed by atoms with Crippen molar-refractivity contribution in [3.8, 4) is 0 Å². The van der Waals surface area contributed by atoms with Crippen molar-refractivity contribution in [2.75, 3.05) is 0 Å². The van der Waals surface area contributed by atoms with Crippen LogP contribution in [0, 0.1) is 5.92 Å². The SMILES string of the molecule is O=C1CC[C@H](Cc2ccc(Cl)cc2Cl)C(=O)N1. The molecule has 0 radical (unpaired) electrons. The van der Waals surface area contributed by atoms with Crippen LogP contribution in [0.2, 0.25) is 10.0 Å². The van der Waals surface area contributed by atoms with Gasteiger partial charge < -0.3 is 0 Å². The first-order valence-corrected chi connectivity index (χ1v) is 6.09. The van der Waals surface area contributed by atoms with Gasteiger partial charge in [-0.25, -0.2) is 0 Å².